The zero-order valence-electron chi connectivity index (χ0n) is 7.53. The molecule has 1 aromatic rings. The normalized spacial score (nSPS) is 15.5. The molecule has 0 radical (unpaired) electrons. The first-order valence-corrected chi connectivity index (χ1v) is 4.53. The molecule has 4 heteroatoms. The fourth-order valence-corrected chi connectivity index (χ4v) is 1.42. The average molecular weight is 195 g/mol. The van der Waals surface area contributed by atoms with Crippen molar-refractivity contribution in [3.05, 3.63) is 29.3 Å². The van der Waals surface area contributed by atoms with E-state index in [2.05, 4.69) is 4.98 Å². The van der Waals surface area contributed by atoms with Crippen molar-refractivity contribution >= 4 is 5.97 Å². The van der Waals surface area contributed by atoms with Crippen LogP contribution in [0.1, 0.15) is 30.0 Å². The number of carboxylic acids is 1. The van der Waals surface area contributed by atoms with Crippen molar-refractivity contribution in [1.82, 2.24) is 4.98 Å². The van der Waals surface area contributed by atoms with Crippen LogP contribution >= 0.6 is 0 Å². The second kappa shape index (κ2) is 3.36. The van der Waals surface area contributed by atoms with Crippen LogP contribution in [-0.2, 0) is 11.2 Å². The molecule has 0 spiro atoms. The van der Waals surface area contributed by atoms with Crippen LogP contribution in [0, 0.1) is 5.82 Å². The highest BCUT2D eigenvalue weighted by molar-refractivity contribution is 5.70. The molecule has 2 rings (SSSR count). The number of hydrogen-bond donors (Lipinski definition) is 1. The van der Waals surface area contributed by atoms with E-state index in [1.54, 1.807) is 0 Å². The fourth-order valence-electron chi connectivity index (χ4n) is 1.42. The standard InChI is InChI=1S/C10H10FNO2/c11-8-3-6(4-9(13)14)5-12-10(8)7-1-2-7/h3,5,7H,1-2,4H2,(H,13,14). The Morgan fingerprint density at radius 1 is 1.64 bits per heavy atom. The predicted octanol–water partition coefficient (Wildman–Crippen LogP) is 1.73. The Labute approximate surface area is 80.6 Å². The Balaban J connectivity index is 2.21. The van der Waals surface area contributed by atoms with Gasteiger partial charge < -0.3 is 5.11 Å². The first-order chi connectivity index (χ1) is 6.66. The maximum absolute atomic E-state index is 13.3. The van der Waals surface area contributed by atoms with Gasteiger partial charge in [0.25, 0.3) is 0 Å². The van der Waals surface area contributed by atoms with Crippen LogP contribution in [0.25, 0.3) is 0 Å². The molecule has 1 saturated carbocycles. The average Bonchev–Trinajstić information content (AvgIpc) is 2.86. The van der Waals surface area contributed by atoms with Crippen molar-refractivity contribution in [1.29, 1.82) is 0 Å². The van der Waals surface area contributed by atoms with Crippen molar-refractivity contribution in [3.63, 3.8) is 0 Å². The molecule has 1 fully saturated rings. The predicted molar refractivity (Wildman–Crippen MR) is 47.5 cm³/mol. The first-order valence-electron chi connectivity index (χ1n) is 4.53. The van der Waals surface area contributed by atoms with Crippen LogP contribution in [0.4, 0.5) is 4.39 Å². The maximum atomic E-state index is 13.3. The summed E-state index contributed by atoms with van der Waals surface area (Å²) >= 11 is 0. The number of aliphatic carboxylic acids is 1. The van der Waals surface area contributed by atoms with Gasteiger partial charge in [0, 0.05) is 12.1 Å². The van der Waals surface area contributed by atoms with Crippen LogP contribution in [0.15, 0.2) is 12.3 Å². The molecule has 0 atom stereocenters. The molecule has 0 unspecified atom stereocenters. The maximum Gasteiger partial charge on any atom is 0.307 e. The lowest BCUT2D eigenvalue weighted by molar-refractivity contribution is -0.136. The van der Waals surface area contributed by atoms with Gasteiger partial charge in [0.2, 0.25) is 0 Å². The Hall–Kier alpha value is -1.45. The lowest BCUT2D eigenvalue weighted by Gasteiger charge is -2.01. The number of aromatic nitrogens is 1. The van der Waals surface area contributed by atoms with E-state index in [4.69, 9.17) is 5.11 Å². The molecule has 74 valence electrons. The summed E-state index contributed by atoms with van der Waals surface area (Å²) < 4.78 is 13.3. The van der Waals surface area contributed by atoms with Crippen molar-refractivity contribution in [2.75, 3.05) is 0 Å². The second-order valence-electron chi connectivity index (χ2n) is 3.56. The summed E-state index contributed by atoms with van der Waals surface area (Å²) in [6.07, 6.45) is 3.25. The van der Waals surface area contributed by atoms with Gasteiger partial charge in [0.15, 0.2) is 0 Å². The molecular formula is C10H10FNO2. The SMILES string of the molecule is O=C(O)Cc1cnc(C2CC2)c(F)c1. The molecule has 0 saturated heterocycles. The minimum Gasteiger partial charge on any atom is -0.481 e. The quantitative estimate of drug-likeness (QED) is 0.798. The van der Waals surface area contributed by atoms with Crippen LogP contribution in [0.3, 0.4) is 0 Å². The largest absolute Gasteiger partial charge is 0.481 e. The van der Waals surface area contributed by atoms with E-state index in [0.29, 0.717) is 11.3 Å². The summed E-state index contributed by atoms with van der Waals surface area (Å²) in [5, 5.41) is 8.50. The molecule has 1 aliphatic rings. The number of carbonyl (C=O) groups is 1. The van der Waals surface area contributed by atoms with E-state index in [0.717, 1.165) is 12.8 Å². The minimum atomic E-state index is -0.967. The monoisotopic (exact) mass is 195 g/mol. The number of halogens is 1. The molecule has 1 heterocycles. The van der Waals surface area contributed by atoms with Gasteiger partial charge in [-0.3, -0.25) is 9.78 Å². The topological polar surface area (TPSA) is 50.2 Å². The van der Waals surface area contributed by atoms with Crippen molar-refractivity contribution in [2.24, 2.45) is 0 Å². The zero-order valence-corrected chi connectivity index (χ0v) is 7.53. The molecule has 1 aromatic heterocycles. The van der Waals surface area contributed by atoms with Crippen molar-refractivity contribution in [3.8, 4) is 0 Å². The van der Waals surface area contributed by atoms with Crippen LogP contribution in [-0.4, -0.2) is 16.1 Å². The van der Waals surface area contributed by atoms with E-state index in [1.165, 1.54) is 12.3 Å². The second-order valence-corrected chi connectivity index (χ2v) is 3.56. The molecule has 0 amide bonds. The lowest BCUT2D eigenvalue weighted by Crippen LogP contribution is -2.02. The summed E-state index contributed by atoms with van der Waals surface area (Å²) in [5.74, 6) is -1.08. The highest BCUT2D eigenvalue weighted by Gasteiger charge is 2.28. The third-order valence-electron chi connectivity index (χ3n) is 2.25. The molecule has 1 N–H and O–H groups in total. The van der Waals surface area contributed by atoms with Crippen molar-refractivity contribution < 1.29 is 14.3 Å². The molecular weight excluding hydrogens is 185 g/mol. The minimum absolute atomic E-state index is 0.172. The lowest BCUT2D eigenvalue weighted by atomic mass is 10.1. The highest BCUT2D eigenvalue weighted by Crippen LogP contribution is 2.40. The fraction of sp³-hybridized carbons (Fsp3) is 0.400. The number of nitrogens with zero attached hydrogens (tertiary/aromatic N) is 1. The smallest absolute Gasteiger partial charge is 0.307 e. The third kappa shape index (κ3) is 1.89. The van der Waals surface area contributed by atoms with Gasteiger partial charge in [-0.2, -0.15) is 0 Å². The van der Waals surface area contributed by atoms with Gasteiger partial charge in [-0.25, -0.2) is 4.39 Å². The van der Waals surface area contributed by atoms with E-state index >= 15 is 0 Å². The van der Waals surface area contributed by atoms with Gasteiger partial charge in [0.1, 0.15) is 5.82 Å². The van der Waals surface area contributed by atoms with Gasteiger partial charge in [-0.05, 0) is 24.5 Å². The van der Waals surface area contributed by atoms with Crippen LogP contribution < -0.4 is 0 Å². The Morgan fingerprint density at radius 2 is 2.36 bits per heavy atom. The van der Waals surface area contributed by atoms with E-state index < -0.39 is 5.97 Å². The van der Waals surface area contributed by atoms with Gasteiger partial charge in [-0.1, -0.05) is 0 Å². The van der Waals surface area contributed by atoms with Crippen molar-refractivity contribution in [2.45, 2.75) is 25.2 Å². The summed E-state index contributed by atoms with van der Waals surface area (Å²) in [6, 6.07) is 1.27. The van der Waals surface area contributed by atoms with Gasteiger partial charge in [0.05, 0.1) is 12.1 Å². The highest BCUT2D eigenvalue weighted by atomic mass is 19.1. The molecule has 0 bridgehead atoms. The first kappa shape index (κ1) is 9.12. The van der Waals surface area contributed by atoms with E-state index in [9.17, 15) is 9.18 Å². The molecule has 14 heavy (non-hydrogen) atoms. The van der Waals surface area contributed by atoms with Gasteiger partial charge in [-0.15, -0.1) is 0 Å². The Morgan fingerprint density at radius 3 is 2.86 bits per heavy atom. The molecule has 0 aliphatic heterocycles. The van der Waals surface area contributed by atoms with Crippen LogP contribution in [0.5, 0.6) is 0 Å². The number of rotatable bonds is 3. The number of carboxylic acid groups (broad SMARTS) is 1. The Bertz CT molecular complexity index is 374. The number of hydrogen-bond acceptors (Lipinski definition) is 2. The Kier molecular flexibility index (Phi) is 2.19. The summed E-state index contributed by atoms with van der Waals surface area (Å²) in [4.78, 5) is 14.3. The zero-order chi connectivity index (χ0) is 10.1. The molecule has 3 nitrogen and oxygen atoms in total. The van der Waals surface area contributed by atoms with Crippen LogP contribution in [0.2, 0.25) is 0 Å². The summed E-state index contributed by atoms with van der Waals surface area (Å²) in [5.41, 5.74) is 0.901. The van der Waals surface area contributed by atoms with E-state index in [-0.39, 0.29) is 18.2 Å². The summed E-state index contributed by atoms with van der Waals surface area (Å²) in [6.45, 7) is 0. The third-order valence-corrected chi connectivity index (χ3v) is 2.25. The molecule has 1 aliphatic carbocycles. The molecule has 0 aromatic carbocycles. The number of pyridine rings is 1. The van der Waals surface area contributed by atoms with Gasteiger partial charge >= 0.3 is 5.97 Å². The summed E-state index contributed by atoms with van der Waals surface area (Å²) in [7, 11) is 0. The van der Waals surface area contributed by atoms with E-state index in [1.807, 2.05) is 0 Å².